The van der Waals surface area contributed by atoms with Gasteiger partial charge in [0.2, 0.25) is 0 Å². The third kappa shape index (κ3) is 2.73. The topological polar surface area (TPSA) is 48.5 Å². The highest BCUT2D eigenvalue weighted by Gasteiger charge is 2.13. The standard InChI is InChI=1S/C13H12Cl2FN5/c1-20-7-17-12(19-20)2-3-21-11-4-8(15)9(16)5-10(11)18-13(21)6-14/h4-5,7H,2-3,6H2,1H3. The van der Waals surface area contributed by atoms with Crippen molar-refractivity contribution in [3.63, 3.8) is 0 Å². The van der Waals surface area contributed by atoms with Gasteiger partial charge in [0.1, 0.15) is 18.0 Å². The summed E-state index contributed by atoms with van der Waals surface area (Å²) in [7, 11) is 1.82. The van der Waals surface area contributed by atoms with E-state index in [2.05, 4.69) is 15.1 Å². The van der Waals surface area contributed by atoms with Gasteiger partial charge < -0.3 is 4.57 Å². The first-order valence-corrected chi connectivity index (χ1v) is 7.24. The molecule has 0 spiro atoms. The van der Waals surface area contributed by atoms with Crippen LogP contribution in [0.25, 0.3) is 11.0 Å². The van der Waals surface area contributed by atoms with Gasteiger partial charge in [0.15, 0.2) is 5.82 Å². The van der Waals surface area contributed by atoms with Crippen molar-refractivity contribution >= 4 is 34.2 Å². The van der Waals surface area contributed by atoms with Crippen molar-refractivity contribution in [1.29, 1.82) is 0 Å². The zero-order valence-electron chi connectivity index (χ0n) is 11.2. The zero-order valence-corrected chi connectivity index (χ0v) is 12.7. The predicted molar refractivity (Wildman–Crippen MR) is 79.0 cm³/mol. The number of rotatable bonds is 4. The Balaban J connectivity index is 1.97. The Hall–Kier alpha value is -1.66. The van der Waals surface area contributed by atoms with E-state index in [1.165, 1.54) is 6.07 Å². The number of aryl methyl sites for hydroxylation is 3. The van der Waals surface area contributed by atoms with Crippen LogP contribution in [0, 0.1) is 5.82 Å². The minimum atomic E-state index is -0.485. The number of hydrogen-bond acceptors (Lipinski definition) is 3. The molecule has 1 aromatic carbocycles. The van der Waals surface area contributed by atoms with E-state index >= 15 is 0 Å². The molecule has 5 nitrogen and oxygen atoms in total. The number of aromatic nitrogens is 5. The van der Waals surface area contributed by atoms with Crippen LogP contribution in [0.15, 0.2) is 18.5 Å². The van der Waals surface area contributed by atoms with Gasteiger partial charge in [-0.25, -0.2) is 14.4 Å². The number of nitrogens with zero attached hydrogens (tertiary/aromatic N) is 5. The van der Waals surface area contributed by atoms with E-state index in [1.807, 2.05) is 11.6 Å². The van der Waals surface area contributed by atoms with Gasteiger partial charge in [-0.15, -0.1) is 11.6 Å². The quantitative estimate of drug-likeness (QED) is 0.692. The van der Waals surface area contributed by atoms with Crippen LogP contribution in [0.1, 0.15) is 11.6 Å². The van der Waals surface area contributed by atoms with Crippen LogP contribution in [-0.2, 0) is 25.9 Å². The summed E-state index contributed by atoms with van der Waals surface area (Å²) in [5.74, 6) is 1.16. The second kappa shape index (κ2) is 5.61. The highest BCUT2D eigenvalue weighted by atomic mass is 35.5. The molecule has 8 heteroatoms. The van der Waals surface area contributed by atoms with Gasteiger partial charge in [-0.05, 0) is 6.07 Å². The van der Waals surface area contributed by atoms with Gasteiger partial charge in [-0.2, -0.15) is 5.10 Å². The minimum absolute atomic E-state index is 0.0701. The Kier molecular flexibility index (Phi) is 3.82. The zero-order chi connectivity index (χ0) is 15.0. The summed E-state index contributed by atoms with van der Waals surface area (Å²) in [4.78, 5) is 8.52. The van der Waals surface area contributed by atoms with E-state index < -0.39 is 5.82 Å². The first-order chi connectivity index (χ1) is 10.1. The molecular weight excluding hydrogens is 316 g/mol. The van der Waals surface area contributed by atoms with E-state index in [-0.39, 0.29) is 10.9 Å². The van der Waals surface area contributed by atoms with Crippen molar-refractivity contribution in [1.82, 2.24) is 24.3 Å². The number of alkyl halides is 1. The van der Waals surface area contributed by atoms with Crippen molar-refractivity contribution in [3.8, 4) is 0 Å². The Morgan fingerprint density at radius 2 is 2.14 bits per heavy atom. The molecule has 2 aromatic heterocycles. The summed E-state index contributed by atoms with van der Waals surface area (Å²) in [5, 5.41) is 4.30. The summed E-state index contributed by atoms with van der Waals surface area (Å²) < 4.78 is 17.1. The molecule has 0 bridgehead atoms. The SMILES string of the molecule is Cn1cnc(CCn2c(CCl)nc3cc(F)c(Cl)cc32)n1. The fraction of sp³-hybridized carbons (Fsp3) is 0.308. The number of hydrogen-bond donors (Lipinski definition) is 0. The Morgan fingerprint density at radius 1 is 1.33 bits per heavy atom. The molecule has 0 aliphatic heterocycles. The highest BCUT2D eigenvalue weighted by Crippen LogP contribution is 2.24. The van der Waals surface area contributed by atoms with E-state index in [9.17, 15) is 4.39 Å². The van der Waals surface area contributed by atoms with Crippen LogP contribution < -0.4 is 0 Å². The molecule has 0 fully saturated rings. The first-order valence-electron chi connectivity index (χ1n) is 6.33. The summed E-state index contributed by atoms with van der Waals surface area (Å²) >= 11 is 11.8. The Labute approximate surface area is 130 Å². The second-order valence-electron chi connectivity index (χ2n) is 4.65. The maximum Gasteiger partial charge on any atom is 0.152 e. The summed E-state index contributed by atoms with van der Waals surface area (Å²) in [5.41, 5.74) is 1.30. The molecule has 3 aromatic rings. The molecule has 0 amide bonds. The molecule has 0 saturated carbocycles. The van der Waals surface area contributed by atoms with Crippen molar-refractivity contribution in [2.24, 2.45) is 7.05 Å². The van der Waals surface area contributed by atoms with Crippen molar-refractivity contribution in [2.75, 3.05) is 0 Å². The lowest BCUT2D eigenvalue weighted by atomic mass is 10.3. The lowest BCUT2D eigenvalue weighted by Gasteiger charge is -2.06. The van der Waals surface area contributed by atoms with Gasteiger partial charge in [0.25, 0.3) is 0 Å². The lowest BCUT2D eigenvalue weighted by molar-refractivity contribution is 0.629. The smallest absolute Gasteiger partial charge is 0.152 e. The Bertz CT molecular complexity index is 795. The molecule has 0 unspecified atom stereocenters. The van der Waals surface area contributed by atoms with Crippen LogP contribution in [0.4, 0.5) is 4.39 Å². The van der Waals surface area contributed by atoms with Crippen molar-refractivity contribution in [2.45, 2.75) is 18.8 Å². The van der Waals surface area contributed by atoms with E-state index in [1.54, 1.807) is 17.1 Å². The van der Waals surface area contributed by atoms with Gasteiger partial charge in [-0.1, -0.05) is 11.6 Å². The fourth-order valence-electron chi connectivity index (χ4n) is 2.23. The van der Waals surface area contributed by atoms with Gasteiger partial charge >= 0.3 is 0 Å². The fourth-order valence-corrected chi connectivity index (χ4v) is 2.59. The van der Waals surface area contributed by atoms with Gasteiger partial charge in [0.05, 0.1) is 21.9 Å². The van der Waals surface area contributed by atoms with Crippen LogP contribution in [0.2, 0.25) is 5.02 Å². The number of halogens is 3. The third-order valence-corrected chi connectivity index (χ3v) is 3.72. The van der Waals surface area contributed by atoms with Crippen LogP contribution in [-0.4, -0.2) is 24.3 Å². The molecule has 21 heavy (non-hydrogen) atoms. The minimum Gasteiger partial charge on any atom is -0.326 e. The predicted octanol–water partition coefficient (Wildman–Crippen LogP) is 2.94. The number of imidazole rings is 1. The second-order valence-corrected chi connectivity index (χ2v) is 5.33. The normalized spacial score (nSPS) is 11.4. The molecule has 0 aliphatic carbocycles. The highest BCUT2D eigenvalue weighted by molar-refractivity contribution is 6.31. The molecule has 0 N–H and O–H groups in total. The molecule has 0 radical (unpaired) electrons. The molecule has 0 aliphatic rings. The van der Waals surface area contributed by atoms with Crippen LogP contribution in [0.5, 0.6) is 0 Å². The molecular formula is C13H12Cl2FN5. The monoisotopic (exact) mass is 327 g/mol. The molecule has 110 valence electrons. The van der Waals surface area contributed by atoms with Crippen molar-refractivity contribution < 1.29 is 4.39 Å². The van der Waals surface area contributed by atoms with Gasteiger partial charge in [0, 0.05) is 26.1 Å². The Morgan fingerprint density at radius 3 is 2.81 bits per heavy atom. The summed E-state index contributed by atoms with van der Waals surface area (Å²) in [6, 6.07) is 2.89. The van der Waals surface area contributed by atoms with E-state index in [4.69, 9.17) is 23.2 Å². The first kappa shape index (κ1) is 14.3. The summed E-state index contributed by atoms with van der Waals surface area (Å²) in [6.07, 6.45) is 2.28. The molecule has 2 heterocycles. The van der Waals surface area contributed by atoms with Crippen LogP contribution >= 0.6 is 23.2 Å². The molecule has 3 rings (SSSR count). The molecule has 0 saturated heterocycles. The number of benzene rings is 1. The molecule has 0 atom stereocenters. The van der Waals surface area contributed by atoms with Crippen molar-refractivity contribution in [3.05, 3.63) is 40.9 Å². The summed E-state index contributed by atoms with van der Waals surface area (Å²) in [6.45, 7) is 0.602. The third-order valence-electron chi connectivity index (χ3n) is 3.19. The maximum absolute atomic E-state index is 13.5. The van der Waals surface area contributed by atoms with E-state index in [0.717, 1.165) is 11.3 Å². The lowest BCUT2D eigenvalue weighted by Crippen LogP contribution is -2.06. The average molecular weight is 328 g/mol. The van der Waals surface area contributed by atoms with E-state index in [0.29, 0.717) is 24.3 Å². The number of fused-ring (bicyclic) bond motifs is 1. The largest absolute Gasteiger partial charge is 0.326 e. The van der Waals surface area contributed by atoms with Crippen LogP contribution in [0.3, 0.4) is 0 Å². The maximum atomic E-state index is 13.5. The van der Waals surface area contributed by atoms with Gasteiger partial charge in [-0.3, -0.25) is 4.68 Å². The average Bonchev–Trinajstić information content (AvgIpc) is 3.01.